The molecule has 6 aromatic carbocycles. The molecule has 8 aliphatic rings. The van der Waals surface area contributed by atoms with Gasteiger partial charge in [0.2, 0.25) is 0 Å². The van der Waals surface area contributed by atoms with E-state index in [1.807, 2.05) is 52.0 Å². The summed E-state index contributed by atoms with van der Waals surface area (Å²) in [7, 11) is 0. The van der Waals surface area contributed by atoms with Gasteiger partial charge in [0.1, 0.15) is 0 Å². The molecule has 0 aromatic heterocycles. The van der Waals surface area contributed by atoms with Gasteiger partial charge in [-0.15, -0.1) is 0 Å². The first kappa shape index (κ1) is 46.5. The average Bonchev–Trinajstić information content (AvgIpc) is 3.93. The molecule has 0 radical (unpaired) electrons. The Hall–Kier alpha value is -8.52. The smallest absolute Gasteiger partial charge is 0.263 e. The van der Waals surface area contributed by atoms with Gasteiger partial charge in [0, 0.05) is 22.3 Å². The molecule has 0 saturated heterocycles. The summed E-state index contributed by atoms with van der Waals surface area (Å²) in [5.74, 6) is -5.51. The SMILES string of the molecule is CCC12C3=C(C(=O)N(c4c(C)cc(-c5cc(C)c(N6C(=O)C7=C(C6=O)C6(CC)c8cc(O)c(O)cc8C7(CC)c7cc(O)c(O)cc76)c(C)c5)cc4C)C3=O)C(CC)(c3cc(O)c(O)cc31)c1cc(O)c(O)cc12. The van der Waals surface area contributed by atoms with Gasteiger partial charge in [-0.1, -0.05) is 27.7 Å². The van der Waals surface area contributed by atoms with Crippen LogP contribution in [0.15, 0.2) is 95.1 Å². The van der Waals surface area contributed by atoms with Gasteiger partial charge < -0.3 is 40.9 Å². The zero-order chi connectivity index (χ0) is 52.9. The van der Waals surface area contributed by atoms with E-state index < -0.39 is 91.3 Å². The first-order valence-electron chi connectivity index (χ1n) is 24.9. The van der Waals surface area contributed by atoms with E-state index in [1.165, 1.54) is 58.3 Å². The van der Waals surface area contributed by atoms with Gasteiger partial charge in [-0.25, -0.2) is 9.80 Å². The number of amides is 4. The van der Waals surface area contributed by atoms with Crippen molar-refractivity contribution >= 4 is 35.0 Å². The Labute approximate surface area is 425 Å². The summed E-state index contributed by atoms with van der Waals surface area (Å²) in [6, 6.07) is 18.9. The van der Waals surface area contributed by atoms with Gasteiger partial charge in [-0.2, -0.15) is 0 Å². The lowest BCUT2D eigenvalue weighted by molar-refractivity contribution is -0.122. The minimum absolute atomic E-state index is 0.206. The normalized spacial score (nSPS) is 23.7. The lowest BCUT2D eigenvalue weighted by Crippen LogP contribution is -2.51. The predicted molar refractivity (Wildman–Crippen MR) is 273 cm³/mol. The molecule has 0 saturated carbocycles. The fourth-order valence-electron chi connectivity index (χ4n) is 15.0. The molecule has 4 amide bonds. The minimum Gasteiger partial charge on any atom is -0.504 e. The fraction of sp³-hybridized carbons (Fsp3) is 0.267. The molecule has 14 heteroatoms. The van der Waals surface area contributed by atoms with Crippen LogP contribution in [-0.2, 0) is 40.8 Å². The Balaban J connectivity index is 0.951. The number of anilines is 2. The molecule has 4 bridgehead atoms. The van der Waals surface area contributed by atoms with E-state index in [0.29, 0.717) is 78.1 Å². The maximum absolute atomic E-state index is 15.4. The van der Waals surface area contributed by atoms with E-state index in [-0.39, 0.29) is 48.0 Å². The largest absolute Gasteiger partial charge is 0.504 e. The van der Waals surface area contributed by atoms with E-state index in [1.54, 1.807) is 27.7 Å². The molecule has 0 unspecified atom stereocenters. The summed E-state index contributed by atoms with van der Waals surface area (Å²) in [6.07, 6.45) is 0.874. The predicted octanol–water partition coefficient (Wildman–Crippen LogP) is 9.41. The summed E-state index contributed by atoms with van der Waals surface area (Å²) in [5.41, 5.74) is 4.02. The molecule has 74 heavy (non-hydrogen) atoms. The van der Waals surface area contributed by atoms with Crippen molar-refractivity contribution in [1.29, 1.82) is 0 Å². The third-order valence-corrected chi connectivity index (χ3v) is 17.9. The molecule has 6 aromatic rings. The highest BCUT2D eigenvalue weighted by molar-refractivity contribution is 6.37. The van der Waals surface area contributed by atoms with Gasteiger partial charge in [0.25, 0.3) is 23.6 Å². The Morgan fingerprint density at radius 2 is 0.473 bits per heavy atom. The molecule has 374 valence electrons. The number of phenolic OH excluding ortho intramolecular Hbond substituents is 8. The van der Waals surface area contributed by atoms with Gasteiger partial charge in [0.05, 0.1) is 33.0 Å². The lowest BCUT2D eigenvalue weighted by Gasteiger charge is -2.54. The third kappa shape index (κ3) is 4.96. The summed E-state index contributed by atoms with van der Waals surface area (Å²) < 4.78 is 0. The molecule has 2 heterocycles. The van der Waals surface area contributed by atoms with Crippen molar-refractivity contribution in [2.45, 2.75) is 103 Å². The van der Waals surface area contributed by atoms with Gasteiger partial charge in [-0.05, 0) is 204 Å². The maximum atomic E-state index is 15.4. The summed E-state index contributed by atoms with van der Waals surface area (Å²) in [6.45, 7) is 14.6. The second-order valence-corrected chi connectivity index (χ2v) is 20.9. The number of imide groups is 2. The second-order valence-electron chi connectivity index (χ2n) is 20.9. The Bertz CT molecular complexity index is 3220. The molecule has 0 fully saturated rings. The average molecular weight is 993 g/mol. The van der Waals surface area contributed by atoms with Crippen molar-refractivity contribution in [2.24, 2.45) is 0 Å². The van der Waals surface area contributed by atoms with Crippen molar-refractivity contribution in [3.8, 4) is 57.1 Å². The zero-order valence-electron chi connectivity index (χ0n) is 41.9. The van der Waals surface area contributed by atoms with Crippen LogP contribution in [0, 0.1) is 27.7 Å². The molecular weight excluding hydrogens is 941 g/mol. The Morgan fingerprint density at radius 1 is 0.311 bits per heavy atom. The Kier molecular flexibility index (Phi) is 9.17. The summed E-state index contributed by atoms with van der Waals surface area (Å²) in [5, 5.41) is 87.5. The number of aryl methyl sites for hydroxylation is 4. The van der Waals surface area contributed by atoms with Crippen LogP contribution < -0.4 is 9.80 Å². The van der Waals surface area contributed by atoms with Crippen LogP contribution in [0.5, 0.6) is 46.0 Å². The van der Waals surface area contributed by atoms with Gasteiger partial charge in [0.15, 0.2) is 46.0 Å². The highest BCUT2D eigenvalue weighted by Crippen LogP contribution is 2.70. The molecule has 8 N–H and O–H groups in total. The van der Waals surface area contributed by atoms with Crippen LogP contribution in [0.25, 0.3) is 11.1 Å². The molecule has 6 aliphatic carbocycles. The van der Waals surface area contributed by atoms with Crippen molar-refractivity contribution in [3.63, 3.8) is 0 Å². The van der Waals surface area contributed by atoms with Crippen LogP contribution >= 0.6 is 0 Å². The van der Waals surface area contributed by atoms with Crippen LogP contribution in [-0.4, -0.2) is 64.5 Å². The number of aromatic hydroxyl groups is 8. The highest BCUT2D eigenvalue weighted by Gasteiger charge is 2.68. The number of nitrogens with zero attached hydrogens (tertiary/aromatic N) is 2. The number of carbonyl (C=O) groups excluding carboxylic acids is 4. The topological polar surface area (TPSA) is 237 Å². The lowest BCUT2D eigenvalue weighted by atomic mass is 9.46. The number of phenols is 8. The van der Waals surface area contributed by atoms with E-state index in [4.69, 9.17) is 0 Å². The zero-order valence-corrected chi connectivity index (χ0v) is 41.9. The quantitative estimate of drug-likeness (QED) is 0.0552. The molecule has 14 nitrogen and oxygen atoms in total. The Morgan fingerprint density at radius 3 is 0.622 bits per heavy atom. The molecule has 2 aliphatic heterocycles. The van der Waals surface area contributed by atoms with Crippen molar-refractivity contribution in [2.75, 3.05) is 9.80 Å². The number of hydrogen-bond donors (Lipinski definition) is 8. The second kappa shape index (κ2) is 14.6. The van der Waals surface area contributed by atoms with Crippen molar-refractivity contribution < 1.29 is 60.0 Å². The van der Waals surface area contributed by atoms with Gasteiger partial charge >= 0.3 is 0 Å². The summed E-state index contributed by atoms with van der Waals surface area (Å²) >= 11 is 0. The van der Waals surface area contributed by atoms with Crippen molar-refractivity contribution in [3.05, 3.63) is 162 Å². The van der Waals surface area contributed by atoms with Crippen LogP contribution in [0.1, 0.15) is 120 Å². The highest BCUT2D eigenvalue weighted by atomic mass is 16.3. The van der Waals surface area contributed by atoms with Crippen LogP contribution in [0.3, 0.4) is 0 Å². The van der Waals surface area contributed by atoms with Crippen LogP contribution in [0.4, 0.5) is 11.4 Å². The number of rotatable bonds is 7. The van der Waals surface area contributed by atoms with E-state index >= 15 is 19.2 Å². The molecule has 0 spiro atoms. The minimum atomic E-state index is -1.36. The molecule has 0 atom stereocenters. The first-order chi connectivity index (χ1) is 35.1. The molecule has 14 rings (SSSR count). The number of carbonyl (C=O) groups is 4. The van der Waals surface area contributed by atoms with Gasteiger partial charge in [-0.3, -0.25) is 19.2 Å². The van der Waals surface area contributed by atoms with E-state index in [0.717, 1.165) is 11.1 Å². The van der Waals surface area contributed by atoms with E-state index in [2.05, 4.69) is 0 Å². The maximum Gasteiger partial charge on any atom is 0.263 e. The molecular formula is C60H52N2O12. The van der Waals surface area contributed by atoms with E-state index in [9.17, 15) is 40.9 Å². The third-order valence-electron chi connectivity index (χ3n) is 17.9. The summed E-state index contributed by atoms with van der Waals surface area (Å²) in [4.78, 5) is 63.9. The first-order valence-corrected chi connectivity index (χ1v) is 24.9. The number of benzene rings is 6. The van der Waals surface area contributed by atoms with Crippen molar-refractivity contribution in [1.82, 2.24) is 0 Å². The fourth-order valence-corrected chi connectivity index (χ4v) is 15.0. The number of hydrogen-bond acceptors (Lipinski definition) is 12. The monoisotopic (exact) mass is 992 g/mol. The standard InChI is InChI=1S/C60H52N2O12/c1-9-57-31-17-39(63)41(65)19-33(31)58(10-2,34-20-42(66)40(64)18-32(34)57)48-47(57)53(71)61(54(48)72)51-25(5)13-29(14-26(51)6)30-15-27(7)52(28(8)16-30)62-55(73)49-50(56(62)74)60(12-4)37-23-45(69)43(67)21-35(37)59(49,11-3)36-22-44(68)46(70)24-38(36)60/h13-24,63-70H,9-12H2,1-8H3. The van der Waals surface area contributed by atoms with Crippen LogP contribution in [0.2, 0.25) is 0 Å².